The first-order valence-electron chi connectivity index (χ1n) is 8.44. The van der Waals surface area contributed by atoms with E-state index in [2.05, 4.69) is 5.32 Å². The molecule has 0 aromatic heterocycles. The van der Waals surface area contributed by atoms with Crippen molar-refractivity contribution in [3.05, 3.63) is 24.3 Å². The first kappa shape index (κ1) is 17.1. The summed E-state index contributed by atoms with van der Waals surface area (Å²) in [5, 5.41) is 2.70. The molecule has 1 aromatic rings. The maximum absolute atomic E-state index is 12.2. The summed E-state index contributed by atoms with van der Waals surface area (Å²) in [6.45, 7) is 3.76. The SMILES string of the molecule is C[C@@H]1C(=O)N(CC(=O)Nc2cccc(N3CCCC3=O)c2)C(=O)[C@@H]1C. The van der Waals surface area contributed by atoms with E-state index >= 15 is 0 Å². The van der Waals surface area contributed by atoms with Crippen molar-refractivity contribution in [2.24, 2.45) is 11.8 Å². The number of amides is 4. The molecule has 3 rings (SSSR count). The molecule has 2 atom stereocenters. The second kappa shape index (κ2) is 6.66. The van der Waals surface area contributed by atoms with Crippen molar-refractivity contribution in [1.82, 2.24) is 4.90 Å². The predicted octanol–water partition coefficient (Wildman–Crippen LogP) is 1.39. The molecule has 0 aliphatic carbocycles. The Balaban J connectivity index is 1.66. The van der Waals surface area contributed by atoms with Gasteiger partial charge in [-0.05, 0) is 24.6 Å². The Bertz CT molecular complexity index is 726. The number of imide groups is 1. The van der Waals surface area contributed by atoms with Crippen molar-refractivity contribution < 1.29 is 19.2 Å². The molecule has 2 saturated heterocycles. The molecule has 1 N–H and O–H groups in total. The summed E-state index contributed by atoms with van der Waals surface area (Å²) >= 11 is 0. The van der Waals surface area contributed by atoms with Gasteiger partial charge in [0.2, 0.25) is 23.6 Å². The van der Waals surface area contributed by atoms with Gasteiger partial charge in [0, 0.05) is 36.2 Å². The summed E-state index contributed by atoms with van der Waals surface area (Å²) in [6, 6.07) is 7.00. The van der Waals surface area contributed by atoms with E-state index in [-0.39, 0.29) is 24.3 Å². The quantitative estimate of drug-likeness (QED) is 0.837. The average Bonchev–Trinajstić information content (AvgIpc) is 3.09. The molecule has 0 bridgehead atoms. The molecule has 0 radical (unpaired) electrons. The monoisotopic (exact) mass is 343 g/mol. The fourth-order valence-electron chi connectivity index (χ4n) is 3.20. The fraction of sp³-hybridized carbons (Fsp3) is 0.444. The number of nitrogens with one attached hydrogen (secondary N) is 1. The van der Waals surface area contributed by atoms with Gasteiger partial charge >= 0.3 is 0 Å². The number of hydrogen-bond acceptors (Lipinski definition) is 4. The molecule has 7 nitrogen and oxygen atoms in total. The van der Waals surface area contributed by atoms with Gasteiger partial charge < -0.3 is 10.2 Å². The molecular formula is C18H21N3O4. The molecule has 1 aromatic carbocycles. The molecule has 2 aliphatic heterocycles. The minimum atomic E-state index is -0.437. The minimum Gasteiger partial charge on any atom is -0.324 e. The summed E-state index contributed by atoms with van der Waals surface area (Å²) in [6.07, 6.45) is 1.36. The number of carbonyl (C=O) groups is 4. The maximum Gasteiger partial charge on any atom is 0.244 e. The second-order valence-corrected chi connectivity index (χ2v) is 6.59. The van der Waals surface area contributed by atoms with Crippen LogP contribution in [0.4, 0.5) is 11.4 Å². The van der Waals surface area contributed by atoms with Crippen molar-refractivity contribution in [3.8, 4) is 0 Å². The Hall–Kier alpha value is -2.70. The third-order valence-corrected chi connectivity index (χ3v) is 4.88. The van der Waals surface area contributed by atoms with Gasteiger partial charge in [0.1, 0.15) is 6.54 Å². The van der Waals surface area contributed by atoms with Gasteiger partial charge in [-0.2, -0.15) is 0 Å². The zero-order valence-corrected chi connectivity index (χ0v) is 14.3. The van der Waals surface area contributed by atoms with Crippen LogP contribution in [0.3, 0.4) is 0 Å². The van der Waals surface area contributed by atoms with Crippen LogP contribution in [0.2, 0.25) is 0 Å². The Morgan fingerprint density at radius 1 is 1.16 bits per heavy atom. The Labute approximate surface area is 146 Å². The fourth-order valence-corrected chi connectivity index (χ4v) is 3.20. The van der Waals surface area contributed by atoms with E-state index < -0.39 is 17.7 Å². The van der Waals surface area contributed by atoms with E-state index in [1.165, 1.54) is 0 Å². The number of hydrogen-bond donors (Lipinski definition) is 1. The molecule has 0 spiro atoms. The zero-order valence-electron chi connectivity index (χ0n) is 14.3. The van der Waals surface area contributed by atoms with Crippen molar-refractivity contribution in [2.45, 2.75) is 26.7 Å². The van der Waals surface area contributed by atoms with Gasteiger partial charge in [0.05, 0.1) is 0 Å². The number of carbonyl (C=O) groups excluding carboxylic acids is 4. The zero-order chi connectivity index (χ0) is 18.1. The highest BCUT2D eigenvalue weighted by Gasteiger charge is 2.42. The highest BCUT2D eigenvalue weighted by Crippen LogP contribution is 2.26. The van der Waals surface area contributed by atoms with Crippen LogP contribution < -0.4 is 10.2 Å². The van der Waals surface area contributed by atoms with Gasteiger partial charge in [0.15, 0.2) is 0 Å². The van der Waals surface area contributed by atoms with Crippen LogP contribution in [0, 0.1) is 11.8 Å². The number of benzene rings is 1. The first-order valence-corrected chi connectivity index (χ1v) is 8.44. The Morgan fingerprint density at radius 3 is 2.44 bits per heavy atom. The van der Waals surface area contributed by atoms with Crippen LogP contribution in [0.1, 0.15) is 26.7 Å². The number of anilines is 2. The lowest BCUT2D eigenvalue weighted by Crippen LogP contribution is -2.38. The van der Waals surface area contributed by atoms with Gasteiger partial charge in [-0.3, -0.25) is 24.1 Å². The van der Waals surface area contributed by atoms with Gasteiger partial charge in [-0.25, -0.2) is 0 Å². The van der Waals surface area contributed by atoms with E-state index in [0.717, 1.165) is 17.0 Å². The van der Waals surface area contributed by atoms with E-state index in [1.807, 2.05) is 6.07 Å². The minimum absolute atomic E-state index is 0.0692. The highest BCUT2D eigenvalue weighted by atomic mass is 16.2. The normalized spacial score (nSPS) is 23.5. The summed E-state index contributed by atoms with van der Waals surface area (Å²) in [5.74, 6) is -1.80. The lowest BCUT2D eigenvalue weighted by atomic mass is 10.00. The molecular weight excluding hydrogens is 322 g/mol. The van der Waals surface area contributed by atoms with E-state index in [0.29, 0.717) is 18.7 Å². The largest absolute Gasteiger partial charge is 0.324 e. The smallest absolute Gasteiger partial charge is 0.244 e. The van der Waals surface area contributed by atoms with Gasteiger partial charge in [0.25, 0.3) is 0 Å². The van der Waals surface area contributed by atoms with Gasteiger partial charge in [-0.15, -0.1) is 0 Å². The molecule has 2 aliphatic rings. The average molecular weight is 343 g/mol. The lowest BCUT2D eigenvalue weighted by molar-refractivity contribution is -0.142. The molecule has 7 heteroatoms. The lowest BCUT2D eigenvalue weighted by Gasteiger charge is -2.18. The molecule has 0 saturated carbocycles. The molecule has 2 fully saturated rings. The predicted molar refractivity (Wildman–Crippen MR) is 91.7 cm³/mol. The molecule has 0 unspecified atom stereocenters. The molecule has 2 heterocycles. The van der Waals surface area contributed by atoms with Crippen LogP contribution >= 0.6 is 0 Å². The number of likely N-dealkylation sites (tertiary alicyclic amines) is 1. The van der Waals surface area contributed by atoms with E-state index in [1.54, 1.807) is 36.9 Å². The molecule has 4 amide bonds. The summed E-state index contributed by atoms with van der Waals surface area (Å²) in [5.41, 5.74) is 1.26. The standard InChI is InChI=1S/C18H21N3O4/c1-11-12(2)18(25)21(17(11)24)10-15(22)19-13-5-3-6-14(9-13)20-8-4-7-16(20)23/h3,5-6,9,11-12H,4,7-8,10H2,1-2H3,(H,19,22)/t11-,12+. The van der Waals surface area contributed by atoms with Crippen LogP contribution in [-0.2, 0) is 19.2 Å². The molecule has 25 heavy (non-hydrogen) atoms. The van der Waals surface area contributed by atoms with Crippen molar-refractivity contribution in [2.75, 3.05) is 23.3 Å². The second-order valence-electron chi connectivity index (χ2n) is 6.59. The van der Waals surface area contributed by atoms with Crippen LogP contribution in [0.25, 0.3) is 0 Å². The first-order chi connectivity index (χ1) is 11.9. The number of rotatable bonds is 4. The Morgan fingerprint density at radius 2 is 1.84 bits per heavy atom. The van der Waals surface area contributed by atoms with Crippen molar-refractivity contribution in [3.63, 3.8) is 0 Å². The van der Waals surface area contributed by atoms with Gasteiger partial charge in [-0.1, -0.05) is 19.9 Å². The van der Waals surface area contributed by atoms with Crippen LogP contribution in [-0.4, -0.2) is 41.6 Å². The third kappa shape index (κ3) is 3.26. The van der Waals surface area contributed by atoms with Crippen molar-refractivity contribution in [1.29, 1.82) is 0 Å². The van der Waals surface area contributed by atoms with Crippen molar-refractivity contribution >= 4 is 35.0 Å². The summed E-state index contributed by atoms with van der Waals surface area (Å²) in [7, 11) is 0. The third-order valence-electron chi connectivity index (χ3n) is 4.88. The highest BCUT2D eigenvalue weighted by molar-refractivity contribution is 6.08. The Kier molecular flexibility index (Phi) is 4.57. The summed E-state index contributed by atoms with van der Waals surface area (Å²) < 4.78 is 0. The van der Waals surface area contributed by atoms with Crippen LogP contribution in [0.5, 0.6) is 0 Å². The number of nitrogens with zero attached hydrogens (tertiary/aromatic N) is 2. The molecule has 132 valence electrons. The van der Waals surface area contributed by atoms with Crippen LogP contribution in [0.15, 0.2) is 24.3 Å². The van der Waals surface area contributed by atoms with E-state index in [9.17, 15) is 19.2 Å². The van der Waals surface area contributed by atoms with E-state index in [4.69, 9.17) is 0 Å². The topological polar surface area (TPSA) is 86.8 Å². The maximum atomic E-state index is 12.2. The summed E-state index contributed by atoms with van der Waals surface area (Å²) in [4.78, 5) is 50.9.